The van der Waals surface area contributed by atoms with E-state index in [9.17, 15) is 18.0 Å². The summed E-state index contributed by atoms with van der Waals surface area (Å²) in [5, 5.41) is 0. The number of hydrogen-bond donors (Lipinski definition) is 0. The number of ether oxygens (including phenoxy) is 1. The molecule has 1 aromatic rings. The molecule has 0 atom stereocenters. The number of carbonyl (C=O) groups excluding carboxylic acids is 1. The first-order chi connectivity index (χ1) is 11.8. The van der Waals surface area contributed by atoms with E-state index in [1.807, 2.05) is 20.8 Å². The van der Waals surface area contributed by atoms with Crippen LogP contribution in [0.4, 0.5) is 13.2 Å². The molecule has 6 heteroatoms. The van der Waals surface area contributed by atoms with Gasteiger partial charge in [-0.25, -0.2) is 0 Å². The zero-order valence-corrected chi connectivity index (χ0v) is 15.3. The lowest BCUT2D eigenvalue weighted by Crippen LogP contribution is -2.34. The van der Waals surface area contributed by atoms with Crippen molar-refractivity contribution < 1.29 is 22.7 Å². The highest BCUT2D eigenvalue weighted by Crippen LogP contribution is 2.35. The van der Waals surface area contributed by atoms with Crippen molar-refractivity contribution >= 4 is 5.91 Å². The van der Waals surface area contributed by atoms with Crippen molar-refractivity contribution in [1.82, 2.24) is 4.90 Å². The van der Waals surface area contributed by atoms with E-state index in [4.69, 9.17) is 4.74 Å². The number of halogens is 3. The number of amides is 1. The van der Waals surface area contributed by atoms with E-state index in [2.05, 4.69) is 0 Å². The molecule has 0 aliphatic carbocycles. The zero-order valence-electron chi connectivity index (χ0n) is 15.3. The molecule has 0 heterocycles. The highest BCUT2D eigenvalue weighted by Gasteiger charge is 2.36. The normalized spacial score (nSPS) is 11.4. The van der Waals surface area contributed by atoms with Gasteiger partial charge in [-0.1, -0.05) is 33.6 Å². The maximum atomic E-state index is 13.4. The Bertz CT molecular complexity index is 538. The van der Waals surface area contributed by atoms with Crippen molar-refractivity contribution in [3.05, 3.63) is 29.3 Å². The van der Waals surface area contributed by atoms with Gasteiger partial charge in [-0.3, -0.25) is 4.79 Å². The summed E-state index contributed by atoms with van der Waals surface area (Å²) in [6.07, 6.45) is -0.435. The van der Waals surface area contributed by atoms with E-state index in [1.54, 1.807) is 0 Å². The number of benzene rings is 1. The van der Waals surface area contributed by atoms with Crippen LogP contribution in [0.5, 0.6) is 5.75 Å². The summed E-state index contributed by atoms with van der Waals surface area (Å²) < 4.78 is 45.7. The summed E-state index contributed by atoms with van der Waals surface area (Å²) >= 11 is 0. The highest BCUT2D eigenvalue weighted by atomic mass is 19.4. The summed E-state index contributed by atoms with van der Waals surface area (Å²) in [4.78, 5) is 14.1. The van der Waals surface area contributed by atoms with Crippen LogP contribution >= 0.6 is 0 Å². The van der Waals surface area contributed by atoms with Crippen LogP contribution < -0.4 is 4.74 Å². The fraction of sp³-hybridized carbons (Fsp3) is 0.632. The first-order valence-corrected chi connectivity index (χ1v) is 8.98. The molecule has 0 saturated heterocycles. The predicted molar refractivity (Wildman–Crippen MR) is 92.9 cm³/mol. The topological polar surface area (TPSA) is 29.5 Å². The van der Waals surface area contributed by atoms with Crippen LogP contribution in [0.25, 0.3) is 0 Å². The van der Waals surface area contributed by atoms with Gasteiger partial charge in [0.25, 0.3) is 5.91 Å². The summed E-state index contributed by atoms with van der Waals surface area (Å²) in [7, 11) is 0. The van der Waals surface area contributed by atoms with Crippen LogP contribution in [-0.4, -0.2) is 30.5 Å². The van der Waals surface area contributed by atoms with Gasteiger partial charge >= 0.3 is 6.18 Å². The third kappa shape index (κ3) is 6.59. The lowest BCUT2D eigenvalue weighted by atomic mass is 10.0. The molecule has 0 aliphatic heterocycles. The van der Waals surface area contributed by atoms with Gasteiger partial charge < -0.3 is 9.64 Å². The molecule has 0 aromatic heterocycles. The summed E-state index contributed by atoms with van der Waals surface area (Å²) in [5.41, 5.74) is -1.24. The average molecular weight is 359 g/mol. The molecule has 0 bridgehead atoms. The largest absolute Gasteiger partial charge is 0.494 e. The molecule has 1 aromatic carbocycles. The first-order valence-electron chi connectivity index (χ1n) is 8.98. The predicted octanol–water partition coefficient (Wildman–Crippen LogP) is 5.54. The van der Waals surface area contributed by atoms with E-state index >= 15 is 0 Å². The van der Waals surface area contributed by atoms with Gasteiger partial charge in [-0.15, -0.1) is 0 Å². The number of alkyl halides is 3. The van der Waals surface area contributed by atoms with Gasteiger partial charge in [0.1, 0.15) is 5.75 Å². The maximum absolute atomic E-state index is 13.4. The van der Waals surface area contributed by atoms with Crippen LogP contribution in [0, 0.1) is 0 Å². The molecule has 0 saturated carbocycles. The Kier molecular flexibility index (Phi) is 8.79. The highest BCUT2D eigenvalue weighted by molar-refractivity contribution is 5.96. The molecule has 0 N–H and O–H groups in total. The van der Waals surface area contributed by atoms with Gasteiger partial charge in [0.15, 0.2) is 0 Å². The van der Waals surface area contributed by atoms with Crippen LogP contribution in [0.15, 0.2) is 18.2 Å². The van der Waals surface area contributed by atoms with E-state index < -0.39 is 17.6 Å². The fourth-order valence-electron chi connectivity index (χ4n) is 2.60. The van der Waals surface area contributed by atoms with Gasteiger partial charge in [0, 0.05) is 13.1 Å². The Morgan fingerprint density at radius 2 is 1.68 bits per heavy atom. The van der Waals surface area contributed by atoms with Crippen molar-refractivity contribution in [3.63, 3.8) is 0 Å². The number of unbranched alkanes of at least 4 members (excludes halogenated alkanes) is 2. The standard InChI is InChI=1S/C19H28F3NO2/c1-4-7-8-13-25-15-9-10-16(17(14-15)19(20,21)22)18(24)23(11-5-2)12-6-3/h9-10,14H,4-8,11-13H2,1-3H3. The Hall–Kier alpha value is -1.72. The second-order valence-corrected chi connectivity index (χ2v) is 6.05. The molecular formula is C19H28F3NO2. The Morgan fingerprint density at radius 3 is 2.20 bits per heavy atom. The molecule has 0 radical (unpaired) electrons. The SMILES string of the molecule is CCCCCOc1ccc(C(=O)N(CCC)CCC)c(C(F)(F)F)c1. The van der Waals surface area contributed by atoms with Crippen LogP contribution in [0.3, 0.4) is 0 Å². The van der Waals surface area contributed by atoms with Gasteiger partial charge in [0.05, 0.1) is 17.7 Å². The lowest BCUT2D eigenvalue weighted by Gasteiger charge is -2.23. The summed E-state index contributed by atoms with van der Waals surface area (Å²) in [6, 6.07) is 3.62. The third-order valence-electron chi connectivity index (χ3n) is 3.82. The lowest BCUT2D eigenvalue weighted by molar-refractivity contribution is -0.138. The van der Waals surface area contributed by atoms with Gasteiger partial charge in [-0.05, 0) is 37.5 Å². The Morgan fingerprint density at radius 1 is 1.04 bits per heavy atom. The van der Waals surface area contributed by atoms with E-state index in [0.717, 1.165) is 25.3 Å². The van der Waals surface area contributed by atoms with Crippen molar-refractivity contribution in [2.45, 2.75) is 59.1 Å². The molecule has 0 fully saturated rings. The number of hydrogen-bond acceptors (Lipinski definition) is 2. The van der Waals surface area contributed by atoms with Gasteiger partial charge in [-0.2, -0.15) is 13.2 Å². The monoisotopic (exact) mass is 359 g/mol. The minimum atomic E-state index is -4.60. The van der Waals surface area contributed by atoms with Crippen molar-refractivity contribution in [2.75, 3.05) is 19.7 Å². The molecule has 1 amide bonds. The van der Waals surface area contributed by atoms with E-state index in [-0.39, 0.29) is 11.3 Å². The number of carbonyl (C=O) groups is 1. The molecule has 25 heavy (non-hydrogen) atoms. The van der Waals surface area contributed by atoms with E-state index in [0.29, 0.717) is 32.5 Å². The maximum Gasteiger partial charge on any atom is 0.417 e. The van der Waals surface area contributed by atoms with Crippen LogP contribution in [-0.2, 0) is 6.18 Å². The van der Waals surface area contributed by atoms with E-state index in [1.165, 1.54) is 17.0 Å². The molecule has 1 rings (SSSR count). The van der Waals surface area contributed by atoms with Gasteiger partial charge in [0.2, 0.25) is 0 Å². The molecule has 0 spiro atoms. The first kappa shape index (κ1) is 21.3. The molecular weight excluding hydrogens is 331 g/mol. The molecule has 0 unspecified atom stereocenters. The molecule has 0 aliphatic rings. The number of nitrogens with zero attached hydrogens (tertiary/aromatic N) is 1. The Balaban J connectivity index is 3.07. The second-order valence-electron chi connectivity index (χ2n) is 6.05. The fourth-order valence-corrected chi connectivity index (χ4v) is 2.60. The zero-order chi connectivity index (χ0) is 18.9. The van der Waals surface area contributed by atoms with Crippen LogP contribution in [0.2, 0.25) is 0 Å². The smallest absolute Gasteiger partial charge is 0.417 e. The molecule has 3 nitrogen and oxygen atoms in total. The Labute approximate surface area is 148 Å². The minimum absolute atomic E-state index is 0.150. The second kappa shape index (κ2) is 10.3. The summed E-state index contributed by atoms with van der Waals surface area (Å²) in [5.74, 6) is -0.425. The average Bonchev–Trinajstić information content (AvgIpc) is 2.57. The third-order valence-corrected chi connectivity index (χ3v) is 3.82. The quantitative estimate of drug-likeness (QED) is 0.514. The van der Waals surface area contributed by atoms with Crippen molar-refractivity contribution in [1.29, 1.82) is 0 Å². The van der Waals surface area contributed by atoms with Crippen molar-refractivity contribution in [3.8, 4) is 5.75 Å². The van der Waals surface area contributed by atoms with Crippen molar-refractivity contribution in [2.24, 2.45) is 0 Å². The summed E-state index contributed by atoms with van der Waals surface area (Å²) in [6.45, 7) is 7.09. The molecule has 142 valence electrons. The minimum Gasteiger partial charge on any atom is -0.494 e. The number of rotatable bonds is 10. The van der Waals surface area contributed by atoms with Crippen LogP contribution in [0.1, 0.15) is 68.8 Å².